The van der Waals surface area contributed by atoms with Gasteiger partial charge in [0, 0.05) is 16.3 Å². The Morgan fingerprint density at radius 1 is 0.840 bits per heavy atom. The van der Waals surface area contributed by atoms with Crippen molar-refractivity contribution in [3.05, 3.63) is 95.9 Å². The van der Waals surface area contributed by atoms with Crippen molar-refractivity contribution in [3.8, 4) is 0 Å². The summed E-state index contributed by atoms with van der Waals surface area (Å²) in [5.41, 5.74) is 0.577. The van der Waals surface area contributed by atoms with E-state index in [9.17, 15) is 4.79 Å². The van der Waals surface area contributed by atoms with Crippen molar-refractivity contribution < 1.29 is 18.8 Å². The number of ketones is 1. The molecule has 2 heteroatoms. The first-order valence-corrected chi connectivity index (χ1v) is 7.68. The van der Waals surface area contributed by atoms with Crippen LogP contribution in [0.4, 0.5) is 0 Å². The number of furan rings is 1. The van der Waals surface area contributed by atoms with Gasteiger partial charge in [0.15, 0.2) is 5.78 Å². The van der Waals surface area contributed by atoms with Gasteiger partial charge in [-0.3, -0.25) is 4.79 Å². The molecule has 0 N–H and O–H groups in total. The van der Waals surface area contributed by atoms with Crippen molar-refractivity contribution in [3.63, 3.8) is 0 Å². The van der Waals surface area contributed by atoms with E-state index in [1.54, 1.807) is 24.3 Å². The third-order valence-electron chi connectivity index (χ3n) is 4.13. The Hall–Kier alpha value is -3.39. The molecule has 0 atom stereocenters. The Bertz CT molecular complexity index is 1620. The fourth-order valence-electron chi connectivity index (χ4n) is 2.96. The molecule has 118 valence electrons. The molecular formula is C23H14O2. The zero-order valence-electron chi connectivity index (χ0n) is 19.9. The van der Waals surface area contributed by atoms with Crippen LogP contribution in [0, 0.1) is 0 Å². The first-order chi connectivity index (χ1) is 15.2. The Balaban J connectivity index is 1.86. The third-order valence-corrected chi connectivity index (χ3v) is 4.13. The summed E-state index contributed by atoms with van der Waals surface area (Å²) in [6, 6.07) is 8.51. The maximum absolute atomic E-state index is 13.5. The molecule has 4 aromatic carbocycles. The van der Waals surface area contributed by atoms with E-state index in [0.717, 1.165) is 5.39 Å². The van der Waals surface area contributed by atoms with Crippen LogP contribution in [-0.4, -0.2) is 5.78 Å². The molecule has 5 aromatic rings. The van der Waals surface area contributed by atoms with Crippen molar-refractivity contribution >= 4 is 38.5 Å². The Labute approximate surface area is 154 Å². The van der Waals surface area contributed by atoms with E-state index < -0.39 is 53.6 Å². The normalized spacial score (nSPS) is 15.3. The molecule has 0 aliphatic heterocycles. The summed E-state index contributed by atoms with van der Waals surface area (Å²) in [6.45, 7) is 0. The van der Waals surface area contributed by atoms with Gasteiger partial charge in [-0.1, -0.05) is 66.6 Å². The molecule has 0 bridgehead atoms. The maximum Gasteiger partial charge on any atom is 0.196 e. The largest absolute Gasteiger partial charge is 0.455 e. The summed E-state index contributed by atoms with van der Waals surface area (Å²) in [7, 11) is 0. The smallest absolute Gasteiger partial charge is 0.196 e. The molecule has 25 heavy (non-hydrogen) atoms. The van der Waals surface area contributed by atoms with E-state index in [1.165, 1.54) is 6.07 Å². The molecule has 0 radical (unpaired) electrons. The van der Waals surface area contributed by atoms with Gasteiger partial charge in [0.2, 0.25) is 0 Å². The zero-order chi connectivity index (χ0) is 22.9. The molecule has 0 saturated heterocycles. The van der Waals surface area contributed by atoms with Gasteiger partial charge in [-0.2, -0.15) is 0 Å². The molecule has 0 aliphatic carbocycles. The molecule has 0 spiro atoms. The molecule has 0 unspecified atom stereocenters. The van der Waals surface area contributed by atoms with Crippen LogP contribution in [-0.2, 0) is 0 Å². The third kappa shape index (κ3) is 2.15. The predicted molar refractivity (Wildman–Crippen MR) is 101 cm³/mol. The summed E-state index contributed by atoms with van der Waals surface area (Å²) < 4.78 is 63.2. The van der Waals surface area contributed by atoms with E-state index >= 15 is 0 Å². The van der Waals surface area contributed by atoms with Crippen LogP contribution in [0.25, 0.3) is 32.7 Å². The molecular weight excluding hydrogens is 308 g/mol. The van der Waals surface area contributed by atoms with E-state index in [2.05, 4.69) is 0 Å². The highest BCUT2D eigenvalue weighted by Crippen LogP contribution is 2.32. The van der Waals surface area contributed by atoms with Crippen LogP contribution in [0.5, 0.6) is 0 Å². The highest BCUT2D eigenvalue weighted by Gasteiger charge is 2.17. The van der Waals surface area contributed by atoms with Gasteiger partial charge in [0.25, 0.3) is 0 Å². The lowest BCUT2D eigenvalue weighted by atomic mass is 9.98. The fourth-order valence-corrected chi connectivity index (χ4v) is 2.96. The van der Waals surface area contributed by atoms with Gasteiger partial charge < -0.3 is 4.42 Å². The number of carbonyl (C=O) groups excluding carboxylic acids is 1. The molecule has 0 saturated carbocycles. The Morgan fingerprint density at radius 2 is 1.64 bits per heavy atom. The second-order valence-corrected chi connectivity index (χ2v) is 5.61. The second-order valence-electron chi connectivity index (χ2n) is 5.61. The lowest BCUT2D eigenvalue weighted by Gasteiger charge is -2.04. The minimum atomic E-state index is -0.715. The summed E-state index contributed by atoms with van der Waals surface area (Å²) in [6.07, 6.45) is 0. The first kappa shape index (κ1) is 8.63. The van der Waals surface area contributed by atoms with Crippen LogP contribution in [0.3, 0.4) is 0 Å². The maximum atomic E-state index is 13.5. The van der Waals surface area contributed by atoms with Gasteiger partial charge in [-0.15, -0.1) is 0 Å². The number of para-hydroxylation sites is 2. The Kier molecular flexibility index (Phi) is 1.84. The monoisotopic (exact) mass is 329 g/mol. The van der Waals surface area contributed by atoms with Crippen LogP contribution in [0.15, 0.2) is 89.2 Å². The number of carbonyl (C=O) groups is 1. The van der Waals surface area contributed by atoms with Crippen molar-refractivity contribution in [1.29, 1.82) is 0 Å². The minimum absolute atomic E-state index is 0.111. The number of hydrogen-bond donors (Lipinski definition) is 0. The van der Waals surface area contributed by atoms with Crippen molar-refractivity contribution in [2.75, 3.05) is 0 Å². The molecule has 1 heterocycles. The molecule has 0 fully saturated rings. The predicted octanol–water partition coefficient (Wildman–Crippen LogP) is 5.97. The van der Waals surface area contributed by atoms with Gasteiger partial charge in [-0.05, 0) is 28.9 Å². The molecule has 2 nitrogen and oxygen atoms in total. The number of fused-ring (bicyclic) bond motifs is 4. The Morgan fingerprint density at radius 3 is 2.56 bits per heavy atom. The molecule has 5 rings (SSSR count). The van der Waals surface area contributed by atoms with Crippen molar-refractivity contribution in [2.45, 2.75) is 0 Å². The average molecular weight is 329 g/mol. The summed E-state index contributed by atoms with van der Waals surface area (Å²) in [4.78, 5) is 13.5. The van der Waals surface area contributed by atoms with E-state index in [1.807, 2.05) is 12.1 Å². The molecule has 1 aromatic heterocycles. The zero-order valence-corrected chi connectivity index (χ0v) is 12.9. The summed E-state index contributed by atoms with van der Waals surface area (Å²) >= 11 is 0. The van der Waals surface area contributed by atoms with E-state index in [0.29, 0.717) is 16.6 Å². The highest BCUT2D eigenvalue weighted by atomic mass is 16.3. The lowest BCUT2D eigenvalue weighted by Crippen LogP contribution is -2.01. The van der Waals surface area contributed by atoms with Crippen molar-refractivity contribution in [2.24, 2.45) is 0 Å². The quantitative estimate of drug-likeness (QED) is 0.373. The average Bonchev–Trinajstić information content (AvgIpc) is 3.17. The van der Waals surface area contributed by atoms with Gasteiger partial charge in [0.05, 0.1) is 15.2 Å². The first-order valence-electron chi connectivity index (χ1n) is 11.2. The SMILES string of the molecule is [2H]c1c([2H])c([2H])c2c([2H])c(C(=O)c3cccc4c3oc3ccccc34)c([2H])c([2H])c2c1[2H]. The highest BCUT2D eigenvalue weighted by molar-refractivity contribution is 6.19. The molecule has 0 amide bonds. The van der Waals surface area contributed by atoms with Gasteiger partial charge in [-0.25, -0.2) is 0 Å². The van der Waals surface area contributed by atoms with E-state index in [4.69, 9.17) is 14.0 Å². The number of hydrogen-bond acceptors (Lipinski definition) is 2. The van der Waals surface area contributed by atoms with Crippen molar-refractivity contribution in [1.82, 2.24) is 0 Å². The van der Waals surface area contributed by atoms with Crippen LogP contribution >= 0.6 is 0 Å². The lowest BCUT2D eigenvalue weighted by molar-refractivity contribution is 0.103. The van der Waals surface area contributed by atoms with E-state index in [-0.39, 0.29) is 16.3 Å². The number of rotatable bonds is 2. The molecule has 0 aliphatic rings. The standard InChI is InChI=1S/C23H14O2/c24-22(17-13-12-15-6-1-2-7-16(15)14-17)20-10-5-9-19-18-8-3-4-11-21(18)25-23(19)20/h1-14H/i1D,2D,6D,7D,12D,13D,14D. The van der Waals surface area contributed by atoms with Crippen LogP contribution in [0.1, 0.15) is 25.5 Å². The van der Waals surface area contributed by atoms with Crippen LogP contribution < -0.4 is 0 Å². The topological polar surface area (TPSA) is 30.2 Å². The second kappa shape index (κ2) is 5.32. The number of benzene rings is 4. The fraction of sp³-hybridized carbons (Fsp3) is 0. The van der Waals surface area contributed by atoms with Crippen LogP contribution in [0.2, 0.25) is 0 Å². The van der Waals surface area contributed by atoms with Gasteiger partial charge >= 0.3 is 0 Å². The summed E-state index contributed by atoms with van der Waals surface area (Å²) in [5, 5.41) is 1.00. The minimum Gasteiger partial charge on any atom is -0.455 e. The van der Waals surface area contributed by atoms with Gasteiger partial charge in [0.1, 0.15) is 11.2 Å². The summed E-state index contributed by atoms with van der Waals surface area (Å²) in [5.74, 6) is -0.715.